The molecule has 0 radical (unpaired) electrons. The standard InChI is InChI=1S/C17H12BrF2NO3/c18-12-3-4-13-11(6-12)5-9-1-2-10(7-14(9)13)15(21-24)8-17(19,20)16(22)23/h1-4,6-7,15H,5,8H2,(H,22,23). The number of aliphatic carboxylic acids is 1. The first-order valence-electron chi connectivity index (χ1n) is 7.17. The van der Waals surface area contributed by atoms with Crippen LogP contribution in [0.15, 0.2) is 46.0 Å². The van der Waals surface area contributed by atoms with Crippen LogP contribution in [0.25, 0.3) is 11.1 Å². The lowest BCUT2D eigenvalue weighted by molar-refractivity contribution is -0.166. The first-order valence-corrected chi connectivity index (χ1v) is 7.96. The monoisotopic (exact) mass is 395 g/mol. The van der Waals surface area contributed by atoms with Gasteiger partial charge in [0.2, 0.25) is 0 Å². The molecule has 1 aliphatic rings. The Bertz CT molecular complexity index is 839. The maximum absolute atomic E-state index is 13.4. The average molecular weight is 396 g/mol. The van der Waals surface area contributed by atoms with Crippen LogP contribution in [0.5, 0.6) is 0 Å². The summed E-state index contributed by atoms with van der Waals surface area (Å²) in [6.45, 7) is 0. The number of halogens is 3. The average Bonchev–Trinajstić information content (AvgIpc) is 2.88. The highest BCUT2D eigenvalue weighted by atomic mass is 79.9. The molecule has 0 fully saturated rings. The molecule has 0 saturated heterocycles. The molecule has 124 valence electrons. The topological polar surface area (TPSA) is 66.7 Å². The minimum Gasteiger partial charge on any atom is -0.477 e. The van der Waals surface area contributed by atoms with Gasteiger partial charge in [0.05, 0.1) is 6.42 Å². The number of hydrogen-bond donors (Lipinski definition) is 1. The molecule has 7 heteroatoms. The quantitative estimate of drug-likeness (QED) is 0.622. The highest BCUT2D eigenvalue weighted by molar-refractivity contribution is 9.10. The van der Waals surface area contributed by atoms with Crippen molar-refractivity contribution in [3.63, 3.8) is 0 Å². The lowest BCUT2D eigenvalue weighted by Crippen LogP contribution is -2.29. The van der Waals surface area contributed by atoms with Gasteiger partial charge in [0.25, 0.3) is 0 Å². The lowest BCUT2D eigenvalue weighted by Gasteiger charge is -2.16. The van der Waals surface area contributed by atoms with E-state index in [4.69, 9.17) is 5.11 Å². The Morgan fingerprint density at radius 1 is 1.21 bits per heavy atom. The van der Waals surface area contributed by atoms with Gasteiger partial charge in [-0.05, 0) is 52.4 Å². The fourth-order valence-corrected chi connectivity index (χ4v) is 3.34. The number of rotatable bonds is 5. The molecule has 2 aromatic carbocycles. The maximum atomic E-state index is 13.4. The first kappa shape index (κ1) is 16.7. The Balaban J connectivity index is 1.97. The molecule has 1 aliphatic carbocycles. The predicted molar refractivity (Wildman–Crippen MR) is 88.1 cm³/mol. The van der Waals surface area contributed by atoms with Gasteiger partial charge < -0.3 is 5.11 Å². The molecule has 1 unspecified atom stereocenters. The van der Waals surface area contributed by atoms with Crippen LogP contribution in [0.3, 0.4) is 0 Å². The van der Waals surface area contributed by atoms with Crippen molar-refractivity contribution in [2.24, 2.45) is 5.18 Å². The second kappa shape index (κ2) is 6.05. The molecule has 1 N–H and O–H groups in total. The molecule has 3 rings (SSSR count). The third-order valence-corrected chi connectivity index (χ3v) is 4.64. The number of benzene rings is 2. The van der Waals surface area contributed by atoms with E-state index in [1.54, 1.807) is 18.2 Å². The zero-order valence-corrected chi connectivity index (χ0v) is 13.9. The highest BCUT2D eigenvalue weighted by Gasteiger charge is 2.42. The van der Waals surface area contributed by atoms with Crippen molar-refractivity contribution in [2.45, 2.75) is 24.8 Å². The number of carbonyl (C=O) groups is 1. The van der Waals surface area contributed by atoms with Crippen LogP contribution in [0.1, 0.15) is 29.2 Å². The Kier molecular flexibility index (Phi) is 4.21. The molecule has 0 spiro atoms. The van der Waals surface area contributed by atoms with Gasteiger partial charge in [-0.15, -0.1) is 0 Å². The molecule has 0 aromatic heterocycles. The van der Waals surface area contributed by atoms with Crippen LogP contribution in [0, 0.1) is 4.91 Å². The zero-order valence-electron chi connectivity index (χ0n) is 12.3. The van der Waals surface area contributed by atoms with Gasteiger partial charge in [-0.2, -0.15) is 13.7 Å². The number of fused-ring (bicyclic) bond motifs is 3. The summed E-state index contributed by atoms with van der Waals surface area (Å²) >= 11 is 3.41. The molecule has 24 heavy (non-hydrogen) atoms. The van der Waals surface area contributed by atoms with Crippen molar-refractivity contribution in [3.05, 3.63) is 62.5 Å². The molecule has 4 nitrogen and oxygen atoms in total. The van der Waals surface area contributed by atoms with Crippen molar-refractivity contribution in [2.75, 3.05) is 0 Å². The van der Waals surface area contributed by atoms with E-state index in [0.717, 1.165) is 33.1 Å². The molecule has 0 heterocycles. The summed E-state index contributed by atoms with van der Waals surface area (Å²) in [4.78, 5) is 21.6. The fourth-order valence-electron chi connectivity index (χ4n) is 2.93. The van der Waals surface area contributed by atoms with E-state index in [9.17, 15) is 18.5 Å². The smallest absolute Gasteiger partial charge is 0.374 e. The van der Waals surface area contributed by atoms with Gasteiger partial charge in [-0.3, -0.25) is 0 Å². The number of carboxylic acids is 1. The predicted octanol–water partition coefficient (Wildman–Crippen LogP) is 4.94. The van der Waals surface area contributed by atoms with Crippen LogP contribution in [-0.4, -0.2) is 17.0 Å². The second-order valence-corrected chi connectivity index (χ2v) is 6.65. The van der Waals surface area contributed by atoms with E-state index in [1.165, 1.54) is 0 Å². The summed E-state index contributed by atoms with van der Waals surface area (Å²) in [5.41, 5.74) is 4.26. The van der Waals surface area contributed by atoms with Crippen molar-refractivity contribution in [1.29, 1.82) is 0 Å². The normalized spacial score (nSPS) is 14.0. The van der Waals surface area contributed by atoms with Crippen LogP contribution in [0.2, 0.25) is 0 Å². The summed E-state index contributed by atoms with van der Waals surface area (Å²) in [6.07, 6.45) is -0.438. The van der Waals surface area contributed by atoms with E-state index >= 15 is 0 Å². The third kappa shape index (κ3) is 2.96. The fraction of sp³-hybridized carbons (Fsp3) is 0.235. The van der Waals surface area contributed by atoms with Gasteiger partial charge in [0, 0.05) is 4.47 Å². The Labute approximate surface area is 144 Å². The van der Waals surface area contributed by atoms with Crippen molar-refractivity contribution >= 4 is 21.9 Å². The highest BCUT2D eigenvalue weighted by Crippen LogP contribution is 2.40. The van der Waals surface area contributed by atoms with E-state index in [-0.39, 0.29) is 0 Å². The van der Waals surface area contributed by atoms with Crippen LogP contribution < -0.4 is 0 Å². The van der Waals surface area contributed by atoms with Crippen LogP contribution in [-0.2, 0) is 11.2 Å². The minimum atomic E-state index is -4.00. The van der Waals surface area contributed by atoms with Gasteiger partial charge in [0.15, 0.2) is 0 Å². The molecule has 0 bridgehead atoms. The molecule has 1 atom stereocenters. The number of nitroso groups, excluding NO2 is 1. The number of carboxylic acid groups (broad SMARTS) is 1. The zero-order chi connectivity index (χ0) is 17.5. The molecule has 2 aromatic rings. The number of alkyl halides is 2. The lowest BCUT2D eigenvalue weighted by atomic mass is 9.96. The summed E-state index contributed by atoms with van der Waals surface area (Å²) in [6, 6.07) is 9.36. The summed E-state index contributed by atoms with van der Waals surface area (Å²) in [5.74, 6) is -6.26. The molecular weight excluding hydrogens is 384 g/mol. The second-order valence-electron chi connectivity index (χ2n) is 5.73. The molecule has 0 amide bonds. The molecule has 0 saturated carbocycles. The summed E-state index contributed by atoms with van der Waals surface area (Å²) in [5, 5.41) is 11.3. The van der Waals surface area contributed by atoms with Crippen molar-refractivity contribution in [1.82, 2.24) is 0 Å². The third-order valence-electron chi connectivity index (χ3n) is 4.15. The van der Waals surface area contributed by atoms with Crippen LogP contribution >= 0.6 is 15.9 Å². The first-order chi connectivity index (χ1) is 11.3. The van der Waals surface area contributed by atoms with E-state index < -0.39 is 24.4 Å². The number of nitrogens with zero attached hydrogens (tertiary/aromatic N) is 1. The van der Waals surface area contributed by atoms with Crippen molar-refractivity contribution < 1.29 is 18.7 Å². The van der Waals surface area contributed by atoms with Crippen LogP contribution in [0.4, 0.5) is 8.78 Å². The van der Waals surface area contributed by atoms with Crippen molar-refractivity contribution in [3.8, 4) is 11.1 Å². The summed E-state index contributed by atoms with van der Waals surface area (Å²) in [7, 11) is 0. The largest absolute Gasteiger partial charge is 0.477 e. The maximum Gasteiger partial charge on any atom is 0.374 e. The SMILES string of the molecule is O=NC(CC(F)(F)C(=O)O)c1ccc2c(c1)-c1ccc(Br)cc1C2. The molecular formula is C17H12BrF2NO3. The Hall–Kier alpha value is -2.15. The Morgan fingerprint density at radius 3 is 2.62 bits per heavy atom. The summed E-state index contributed by atoms with van der Waals surface area (Å²) < 4.78 is 27.8. The number of hydrogen-bond acceptors (Lipinski definition) is 3. The van der Waals surface area contributed by atoms with Gasteiger partial charge >= 0.3 is 11.9 Å². The van der Waals surface area contributed by atoms with E-state index in [2.05, 4.69) is 21.1 Å². The minimum absolute atomic E-state index is 0.292. The van der Waals surface area contributed by atoms with E-state index in [1.807, 2.05) is 18.2 Å². The van der Waals surface area contributed by atoms with Gasteiger partial charge in [-0.25, -0.2) is 4.79 Å². The Morgan fingerprint density at radius 2 is 1.96 bits per heavy atom. The van der Waals surface area contributed by atoms with Gasteiger partial charge in [0.1, 0.15) is 6.04 Å². The molecule has 0 aliphatic heterocycles. The van der Waals surface area contributed by atoms with Gasteiger partial charge in [-0.1, -0.05) is 39.3 Å². The van der Waals surface area contributed by atoms with E-state index in [0.29, 0.717) is 5.56 Å².